The third kappa shape index (κ3) is 2.62. The van der Waals surface area contributed by atoms with Crippen LogP contribution in [0.5, 0.6) is 0 Å². The van der Waals surface area contributed by atoms with E-state index in [0.29, 0.717) is 22.4 Å². The highest BCUT2D eigenvalue weighted by Gasteiger charge is 2.14. The molecule has 4 nitrogen and oxygen atoms in total. The van der Waals surface area contributed by atoms with Gasteiger partial charge < -0.3 is 10.3 Å². The zero-order valence-corrected chi connectivity index (χ0v) is 12.5. The number of aryl methyl sites for hydroxylation is 1. The lowest BCUT2D eigenvalue weighted by molar-refractivity contribution is 0.432. The number of benzene rings is 2. The predicted molar refractivity (Wildman–Crippen MR) is 84.1 cm³/mol. The predicted octanol–water partition coefficient (Wildman–Crippen LogP) is 4.26. The molecule has 0 bridgehead atoms. The Hall–Kier alpha value is -2.33. The van der Waals surface area contributed by atoms with E-state index in [4.69, 9.17) is 21.9 Å². The molecule has 21 heavy (non-hydrogen) atoms. The summed E-state index contributed by atoms with van der Waals surface area (Å²) in [7, 11) is 0. The van der Waals surface area contributed by atoms with Crippen LogP contribution in [0.25, 0.3) is 22.8 Å². The standard InChI is InChI=1S/C16H14ClN3O/c1-9-6-13(18)8-14(10(9)2)16-19-15(20-21-16)11-4-3-5-12(17)7-11/h3-8H,18H2,1-2H3. The summed E-state index contributed by atoms with van der Waals surface area (Å²) >= 11 is 5.98. The minimum atomic E-state index is 0.456. The molecule has 5 heteroatoms. The van der Waals surface area contributed by atoms with Crippen LogP contribution in [-0.4, -0.2) is 10.1 Å². The van der Waals surface area contributed by atoms with Crippen LogP contribution in [0.4, 0.5) is 5.69 Å². The van der Waals surface area contributed by atoms with E-state index in [2.05, 4.69) is 10.1 Å². The molecule has 0 saturated carbocycles. The highest BCUT2D eigenvalue weighted by Crippen LogP contribution is 2.29. The van der Waals surface area contributed by atoms with Crippen LogP contribution in [0.3, 0.4) is 0 Å². The zero-order valence-electron chi connectivity index (χ0n) is 11.7. The Bertz CT molecular complexity index is 811. The molecule has 0 radical (unpaired) electrons. The van der Waals surface area contributed by atoms with E-state index in [0.717, 1.165) is 22.3 Å². The van der Waals surface area contributed by atoms with Gasteiger partial charge in [0, 0.05) is 21.8 Å². The molecule has 0 saturated heterocycles. The summed E-state index contributed by atoms with van der Waals surface area (Å²) in [5.74, 6) is 0.963. The molecule has 0 aliphatic heterocycles. The van der Waals surface area contributed by atoms with Crippen LogP contribution >= 0.6 is 11.6 Å². The second-order valence-corrected chi connectivity index (χ2v) is 5.38. The number of hydrogen-bond acceptors (Lipinski definition) is 4. The molecule has 106 valence electrons. The van der Waals surface area contributed by atoms with Gasteiger partial charge >= 0.3 is 0 Å². The van der Waals surface area contributed by atoms with Crippen molar-refractivity contribution >= 4 is 17.3 Å². The average Bonchev–Trinajstić information content (AvgIpc) is 2.92. The number of halogens is 1. The fraction of sp³-hybridized carbons (Fsp3) is 0.125. The first-order valence-corrected chi connectivity index (χ1v) is 6.89. The quantitative estimate of drug-likeness (QED) is 0.718. The van der Waals surface area contributed by atoms with Crippen LogP contribution in [0, 0.1) is 13.8 Å². The van der Waals surface area contributed by atoms with Gasteiger partial charge in [-0.2, -0.15) is 4.98 Å². The minimum absolute atomic E-state index is 0.456. The molecular formula is C16H14ClN3O. The van der Waals surface area contributed by atoms with Crippen molar-refractivity contribution in [1.82, 2.24) is 10.1 Å². The molecule has 3 aromatic rings. The van der Waals surface area contributed by atoms with Crippen LogP contribution in [0.15, 0.2) is 40.9 Å². The van der Waals surface area contributed by atoms with Gasteiger partial charge in [0.2, 0.25) is 5.82 Å². The van der Waals surface area contributed by atoms with Crippen LogP contribution in [0.2, 0.25) is 5.02 Å². The monoisotopic (exact) mass is 299 g/mol. The van der Waals surface area contributed by atoms with Crippen molar-refractivity contribution < 1.29 is 4.52 Å². The number of aromatic nitrogens is 2. The first-order chi connectivity index (χ1) is 10.0. The summed E-state index contributed by atoms with van der Waals surface area (Å²) in [6, 6.07) is 11.1. The molecule has 0 amide bonds. The van der Waals surface area contributed by atoms with Gasteiger partial charge in [0.05, 0.1) is 0 Å². The van der Waals surface area contributed by atoms with E-state index in [9.17, 15) is 0 Å². The maximum absolute atomic E-state index is 5.98. The van der Waals surface area contributed by atoms with Gasteiger partial charge in [0.15, 0.2) is 0 Å². The summed E-state index contributed by atoms with van der Waals surface area (Å²) in [6.07, 6.45) is 0. The number of rotatable bonds is 2. The molecule has 0 spiro atoms. The molecule has 1 heterocycles. The first-order valence-electron chi connectivity index (χ1n) is 6.51. The number of nitrogen functional groups attached to an aromatic ring is 1. The molecule has 1 aromatic heterocycles. The molecule has 0 atom stereocenters. The number of nitrogens with two attached hydrogens (primary N) is 1. The summed E-state index contributed by atoms with van der Waals surface area (Å²) in [5, 5.41) is 4.65. The SMILES string of the molecule is Cc1cc(N)cc(-c2nc(-c3cccc(Cl)c3)no2)c1C. The van der Waals surface area contributed by atoms with Gasteiger partial charge in [-0.3, -0.25) is 0 Å². The van der Waals surface area contributed by atoms with Crippen LogP contribution < -0.4 is 5.73 Å². The molecule has 0 aliphatic rings. The van der Waals surface area contributed by atoms with Crippen LogP contribution in [-0.2, 0) is 0 Å². The fourth-order valence-electron chi connectivity index (χ4n) is 2.19. The Morgan fingerprint density at radius 2 is 1.95 bits per heavy atom. The average molecular weight is 300 g/mol. The highest BCUT2D eigenvalue weighted by molar-refractivity contribution is 6.30. The van der Waals surface area contributed by atoms with E-state index in [1.165, 1.54) is 0 Å². The van der Waals surface area contributed by atoms with Crippen molar-refractivity contribution in [2.75, 3.05) is 5.73 Å². The van der Waals surface area contributed by atoms with Crippen molar-refractivity contribution in [3.05, 3.63) is 52.5 Å². The molecule has 0 fully saturated rings. The molecule has 2 aromatic carbocycles. The lowest BCUT2D eigenvalue weighted by Gasteiger charge is -2.06. The topological polar surface area (TPSA) is 64.9 Å². The van der Waals surface area contributed by atoms with Crippen molar-refractivity contribution in [1.29, 1.82) is 0 Å². The Morgan fingerprint density at radius 3 is 2.71 bits per heavy atom. The largest absolute Gasteiger partial charge is 0.399 e. The van der Waals surface area contributed by atoms with Gasteiger partial charge in [0.25, 0.3) is 5.89 Å². The van der Waals surface area contributed by atoms with Crippen molar-refractivity contribution in [3.8, 4) is 22.8 Å². The van der Waals surface area contributed by atoms with Gasteiger partial charge in [-0.05, 0) is 49.2 Å². The maximum Gasteiger partial charge on any atom is 0.258 e. The lowest BCUT2D eigenvalue weighted by Crippen LogP contribution is -1.93. The maximum atomic E-state index is 5.98. The minimum Gasteiger partial charge on any atom is -0.399 e. The van der Waals surface area contributed by atoms with Gasteiger partial charge in [-0.25, -0.2) is 0 Å². The second kappa shape index (κ2) is 5.22. The summed E-state index contributed by atoms with van der Waals surface area (Å²) in [6.45, 7) is 4.01. The third-order valence-corrected chi connectivity index (χ3v) is 3.66. The summed E-state index contributed by atoms with van der Waals surface area (Å²) in [5.41, 5.74) is 10.4. The van der Waals surface area contributed by atoms with Gasteiger partial charge in [-0.1, -0.05) is 28.9 Å². The van der Waals surface area contributed by atoms with Crippen molar-refractivity contribution in [2.45, 2.75) is 13.8 Å². The van der Waals surface area contributed by atoms with E-state index in [1.54, 1.807) is 12.1 Å². The van der Waals surface area contributed by atoms with E-state index < -0.39 is 0 Å². The number of nitrogens with zero attached hydrogens (tertiary/aromatic N) is 2. The van der Waals surface area contributed by atoms with E-state index in [-0.39, 0.29) is 0 Å². The summed E-state index contributed by atoms with van der Waals surface area (Å²) < 4.78 is 5.38. The number of anilines is 1. The number of hydrogen-bond donors (Lipinski definition) is 1. The van der Waals surface area contributed by atoms with Gasteiger partial charge in [-0.15, -0.1) is 0 Å². The normalized spacial score (nSPS) is 10.8. The Balaban J connectivity index is 2.07. The molecular weight excluding hydrogens is 286 g/mol. The van der Waals surface area contributed by atoms with Crippen LogP contribution in [0.1, 0.15) is 11.1 Å². The second-order valence-electron chi connectivity index (χ2n) is 4.94. The molecule has 0 aliphatic carbocycles. The van der Waals surface area contributed by atoms with E-state index >= 15 is 0 Å². The van der Waals surface area contributed by atoms with Crippen molar-refractivity contribution in [3.63, 3.8) is 0 Å². The Kier molecular flexibility index (Phi) is 3.39. The van der Waals surface area contributed by atoms with Gasteiger partial charge in [0.1, 0.15) is 0 Å². The molecule has 3 rings (SSSR count). The smallest absolute Gasteiger partial charge is 0.258 e. The molecule has 0 unspecified atom stereocenters. The third-order valence-electron chi connectivity index (χ3n) is 3.43. The molecule has 2 N–H and O–H groups in total. The Labute approximate surface area is 127 Å². The summed E-state index contributed by atoms with van der Waals surface area (Å²) in [4.78, 5) is 4.44. The fourth-order valence-corrected chi connectivity index (χ4v) is 2.38. The Morgan fingerprint density at radius 1 is 1.14 bits per heavy atom. The lowest BCUT2D eigenvalue weighted by atomic mass is 10.0. The van der Waals surface area contributed by atoms with E-state index in [1.807, 2.05) is 38.1 Å². The highest BCUT2D eigenvalue weighted by atomic mass is 35.5. The first kappa shape index (κ1) is 13.6. The van der Waals surface area contributed by atoms with Crippen molar-refractivity contribution in [2.24, 2.45) is 0 Å². The zero-order chi connectivity index (χ0) is 15.0.